The van der Waals surface area contributed by atoms with Gasteiger partial charge in [0.1, 0.15) is 0 Å². The van der Waals surface area contributed by atoms with Gasteiger partial charge < -0.3 is 5.32 Å². The summed E-state index contributed by atoms with van der Waals surface area (Å²) in [5.74, 6) is -0.969. The lowest BCUT2D eigenvalue weighted by atomic mass is 10.1. The van der Waals surface area contributed by atoms with Crippen molar-refractivity contribution in [2.75, 3.05) is 7.05 Å². The quantitative estimate of drug-likeness (QED) is 0.812. The average Bonchev–Trinajstić information content (AvgIpc) is 2.48. The second-order valence-corrected chi connectivity index (χ2v) is 5.67. The molecule has 2 aromatic carbocycles. The predicted molar refractivity (Wildman–Crippen MR) is 79.8 cm³/mol. The van der Waals surface area contributed by atoms with Crippen LogP contribution in [0.15, 0.2) is 47.4 Å². The van der Waals surface area contributed by atoms with Crippen molar-refractivity contribution in [2.24, 2.45) is 0 Å². The Morgan fingerprint density at radius 2 is 1.75 bits per heavy atom. The topological polar surface area (TPSA) is 12.0 Å². The highest BCUT2D eigenvalue weighted by molar-refractivity contribution is 7.98. The first-order valence-corrected chi connectivity index (χ1v) is 7.42. The average molecular weight is 293 g/mol. The van der Waals surface area contributed by atoms with E-state index < -0.39 is 11.6 Å². The van der Waals surface area contributed by atoms with Gasteiger partial charge in [-0.05, 0) is 49.4 Å². The fourth-order valence-corrected chi connectivity index (χ4v) is 2.66. The third-order valence-corrected chi connectivity index (χ3v) is 4.29. The fourth-order valence-electron chi connectivity index (χ4n) is 1.82. The lowest BCUT2D eigenvalue weighted by Gasteiger charge is -2.11. The molecule has 0 aliphatic carbocycles. The second-order valence-electron chi connectivity index (χ2n) is 4.62. The highest BCUT2D eigenvalue weighted by Gasteiger charge is 2.04. The van der Waals surface area contributed by atoms with Gasteiger partial charge in [-0.25, -0.2) is 8.78 Å². The summed E-state index contributed by atoms with van der Waals surface area (Å²) in [6.07, 6.45) is 0. The summed E-state index contributed by atoms with van der Waals surface area (Å²) in [6.45, 7) is 2.10. The molecule has 0 aromatic heterocycles. The Kier molecular flexibility index (Phi) is 5.15. The maximum atomic E-state index is 13.1. The lowest BCUT2D eigenvalue weighted by molar-refractivity contribution is 0.507. The first-order chi connectivity index (χ1) is 9.60. The van der Waals surface area contributed by atoms with Crippen LogP contribution >= 0.6 is 11.8 Å². The van der Waals surface area contributed by atoms with Crippen LogP contribution < -0.4 is 5.32 Å². The summed E-state index contributed by atoms with van der Waals surface area (Å²) in [4.78, 5) is 1.11. The van der Waals surface area contributed by atoms with E-state index in [2.05, 4.69) is 24.4 Å². The van der Waals surface area contributed by atoms with Crippen molar-refractivity contribution in [1.82, 2.24) is 5.32 Å². The van der Waals surface area contributed by atoms with Crippen LogP contribution in [-0.2, 0) is 5.75 Å². The van der Waals surface area contributed by atoms with E-state index in [-0.39, 0.29) is 0 Å². The Hall–Kier alpha value is -1.39. The standard InChI is InChI=1S/C16H17F2NS/c1-11(19-2)13-4-6-14(7-5-13)20-10-12-3-8-15(17)16(18)9-12/h3-9,11,19H,10H2,1-2H3. The minimum Gasteiger partial charge on any atom is -0.313 e. The molecule has 1 atom stereocenters. The van der Waals surface area contributed by atoms with Crippen molar-refractivity contribution in [3.05, 3.63) is 65.2 Å². The second kappa shape index (κ2) is 6.86. The van der Waals surface area contributed by atoms with Crippen LogP contribution in [0, 0.1) is 11.6 Å². The third kappa shape index (κ3) is 3.81. The van der Waals surface area contributed by atoms with E-state index in [1.54, 1.807) is 17.8 Å². The van der Waals surface area contributed by atoms with Gasteiger partial charge in [0.05, 0.1) is 0 Å². The summed E-state index contributed by atoms with van der Waals surface area (Å²) >= 11 is 1.61. The molecule has 1 unspecified atom stereocenters. The minimum atomic E-state index is -0.802. The molecule has 0 saturated heterocycles. The van der Waals surface area contributed by atoms with E-state index in [9.17, 15) is 8.78 Å². The molecule has 0 bridgehead atoms. The first kappa shape index (κ1) is 15.0. The van der Waals surface area contributed by atoms with Gasteiger partial charge in [0.2, 0.25) is 0 Å². The molecule has 20 heavy (non-hydrogen) atoms. The van der Waals surface area contributed by atoms with E-state index in [4.69, 9.17) is 0 Å². The predicted octanol–water partition coefficient (Wildman–Crippen LogP) is 4.54. The van der Waals surface area contributed by atoms with E-state index in [0.717, 1.165) is 10.5 Å². The van der Waals surface area contributed by atoms with Crippen molar-refractivity contribution in [3.63, 3.8) is 0 Å². The molecule has 2 rings (SSSR count). The van der Waals surface area contributed by atoms with Crippen LogP contribution in [0.3, 0.4) is 0 Å². The van der Waals surface area contributed by atoms with Gasteiger partial charge in [-0.1, -0.05) is 18.2 Å². The fraction of sp³-hybridized carbons (Fsp3) is 0.250. The summed E-state index contributed by atoms with van der Waals surface area (Å²) in [5.41, 5.74) is 2.01. The van der Waals surface area contributed by atoms with Crippen LogP contribution in [0.1, 0.15) is 24.1 Å². The van der Waals surface area contributed by atoms with Crippen molar-refractivity contribution in [2.45, 2.75) is 23.6 Å². The van der Waals surface area contributed by atoms with E-state index >= 15 is 0 Å². The zero-order valence-corrected chi connectivity index (χ0v) is 12.3. The van der Waals surface area contributed by atoms with Crippen molar-refractivity contribution in [1.29, 1.82) is 0 Å². The molecule has 0 fully saturated rings. The molecule has 2 aromatic rings. The molecule has 0 radical (unpaired) electrons. The zero-order chi connectivity index (χ0) is 14.5. The first-order valence-electron chi connectivity index (χ1n) is 6.44. The molecule has 0 aliphatic heterocycles. The largest absolute Gasteiger partial charge is 0.313 e. The number of benzene rings is 2. The third-order valence-electron chi connectivity index (χ3n) is 3.20. The highest BCUT2D eigenvalue weighted by Crippen LogP contribution is 2.25. The van der Waals surface area contributed by atoms with Crippen LogP contribution in [0.4, 0.5) is 8.78 Å². The van der Waals surface area contributed by atoms with E-state index in [0.29, 0.717) is 11.8 Å². The summed E-state index contributed by atoms with van der Waals surface area (Å²) in [7, 11) is 1.93. The number of rotatable bonds is 5. The molecule has 106 valence electrons. The van der Waals surface area contributed by atoms with E-state index in [1.807, 2.05) is 19.2 Å². The highest BCUT2D eigenvalue weighted by atomic mass is 32.2. The van der Waals surface area contributed by atoms with Crippen LogP contribution in [-0.4, -0.2) is 7.05 Å². The number of thioether (sulfide) groups is 1. The Morgan fingerprint density at radius 3 is 2.35 bits per heavy atom. The van der Waals surface area contributed by atoms with Gasteiger partial charge in [-0.15, -0.1) is 11.8 Å². The van der Waals surface area contributed by atoms with Gasteiger partial charge in [0.15, 0.2) is 11.6 Å². The molecule has 4 heteroatoms. The number of hydrogen-bond acceptors (Lipinski definition) is 2. The SMILES string of the molecule is CNC(C)c1ccc(SCc2ccc(F)c(F)c2)cc1. The molecule has 0 spiro atoms. The van der Waals surface area contributed by atoms with Gasteiger partial charge in [-0.3, -0.25) is 0 Å². The molecular weight excluding hydrogens is 276 g/mol. The molecular formula is C16H17F2NS. The molecule has 1 nitrogen and oxygen atoms in total. The number of hydrogen-bond donors (Lipinski definition) is 1. The molecule has 0 aliphatic rings. The normalized spacial score (nSPS) is 12.4. The van der Waals surface area contributed by atoms with Crippen molar-refractivity contribution in [3.8, 4) is 0 Å². The molecule has 0 amide bonds. The minimum absolute atomic E-state index is 0.320. The Bertz CT molecular complexity index is 569. The maximum Gasteiger partial charge on any atom is 0.159 e. The summed E-state index contributed by atoms with van der Waals surface area (Å²) in [6, 6.07) is 12.6. The van der Waals surface area contributed by atoms with Crippen LogP contribution in [0.25, 0.3) is 0 Å². The number of nitrogens with one attached hydrogen (secondary N) is 1. The Morgan fingerprint density at radius 1 is 1.05 bits per heavy atom. The Labute approximate surface area is 122 Å². The smallest absolute Gasteiger partial charge is 0.159 e. The Balaban J connectivity index is 1.98. The molecule has 0 heterocycles. The summed E-state index contributed by atoms with van der Waals surface area (Å²) in [5, 5.41) is 3.19. The number of halogens is 2. The zero-order valence-electron chi connectivity index (χ0n) is 11.5. The van der Waals surface area contributed by atoms with Gasteiger partial charge in [-0.2, -0.15) is 0 Å². The molecule has 1 N–H and O–H groups in total. The van der Waals surface area contributed by atoms with Crippen molar-refractivity contribution >= 4 is 11.8 Å². The van der Waals surface area contributed by atoms with Crippen LogP contribution in [0.5, 0.6) is 0 Å². The van der Waals surface area contributed by atoms with Crippen molar-refractivity contribution < 1.29 is 8.78 Å². The van der Waals surface area contributed by atoms with E-state index in [1.165, 1.54) is 17.7 Å². The molecule has 0 saturated carbocycles. The van der Waals surface area contributed by atoms with Gasteiger partial charge >= 0.3 is 0 Å². The monoisotopic (exact) mass is 293 g/mol. The summed E-state index contributed by atoms with van der Waals surface area (Å²) < 4.78 is 25.9. The van der Waals surface area contributed by atoms with Crippen LogP contribution in [0.2, 0.25) is 0 Å². The van der Waals surface area contributed by atoms with Gasteiger partial charge in [0.25, 0.3) is 0 Å². The maximum absolute atomic E-state index is 13.1. The van der Waals surface area contributed by atoms with Gasteiger partial charge in [0, 0.05) is 16.7 Å². The lowest BCUT2D eigenvalue weighted by Crippen LogP contribution is -2.11.